The summed E-state index contributed by atoms with van der Waals surface area (Å²) in [5, 5.41) is 17.8. The average Bonchev–Trinajstić information content (AvgIpc) is 3.21. The monoisotopic (exact) mass is 238 g/mol. The van der Waals surface area contributed by atoms with Gasteiger partial charge in [-0.05, 0) is 42.0 Å². The minimum absolute atomic E-state index is 0.177. The van der Waals surface area contributed by atoms with Gasteiger partial charge in [-0.25, -0.2) is 4.39 Å². The summed E-state index contributed by atoms with van der Waals surface area (Å²) >= 11 is 0. The van der Waals surface area contributed by atoms with Crippen molar-refractivity contribution in [2.45, 2.75) is 12.8 Å². The van der Waals surface area contributed by atoms with Gasteiger partial charge < -0.3 is 0 Å². The van der Waals surface area contributed by atoms with Crippen LogP contribution in [0.25, 0.3) is 6.08 Å². The summed E-state index contributed by atoms with van der Waals surface area (Å²) in [7, 11) is 0. The normalized spacial score (nSPS) is 13.9. The molecule has 2 rings (SSSR count). The van der Waals surface area contributed by atoms with Crippen molar-refractivity contribution in [3.8, 4) is 12.1 Å². The number of benzene rings is 1. The second-order valence-electron chi connectivity index (χ2n) is 4.21. The Kier molecular flexibility index (Phi) is 3.55. The van der Waals surface area contributed by atoms with E-state index in [1.807, 2.05) is 18.2 Å². The summed E-state index contributed by atoms with van der Waals surface area (Å²) in [6, 6.07) is 9.94. The first-order valence-corrected chi connectivity index (χ1v) is 5.72. The summed E-state index contributed by atoms with van der Waals surface area (Å²) < 4.78 is 12.7. The van der Waals surface area contributed by atoms with Gasteiger partial charge in [0.25, 0.3) is 0 Å². The molecule has 1 aliphatic carbocycles. The van der Waals surface area contributed by atoms with Gasteiger partial charge in [-0.3, -0.25) is 0 Å². The first-order valence-electron chi connectivity index (χ1n) is 5.72. The van der Waals surface area contributed by atoms with Crippen LogP contribution in [0.2, 0.25) is 0 Å². The Morgan fingerprint density at radius 2 is 1.78 bits per heavy atom. The molecule has 0 heterocycles. The second-order valence-corrected chi connectivity index (χ2v) is 4.21. The third-order valence-electron chi connectivity index (χ3n) is 2.85. The summed E-state index contributed by atoms with van der Waals surface area (Å²) in [4.78, 5) is 0. The van der Waals surface area contributed by atoms with Crippen LogP contribution in [0.3, 0.4) is 0 Å². The van der Waals surface area contributed by atoms with E-state index in [-0.39, 0.29) is 11.4 Å². The molecule has 1 aromatic carbocycles. The van der Waals surface area contributed by atoms with E-state index in [0.29, 0.717) is 5.92 Å². The largest absolute Gasteiger partial charge is 0.207 e. The van der Waals surface area contributed by atoms with Crippen molar-refractivity contribution in [1.82, 2.24) is 0 Å². The molecule has 3 heteroatoms. The van der Waals surface area contributed by atoms with Crippen LogP contribution in [0.15, 0.2) is 41.5 Å². The van der Waals surface area contributed by atoms with Crippen molar-refractivity contribution in [1.29, 1.82) is 10.5 Å². The number of hydrogen-bond acceptors (Lipinski definition) is 2. The fraction of sp³-hybridized carbons (Fsp3) is 0.200. The fourth-order valence-electron chi connectivity index (χ4n) is 1.73. The quantitative estimate of drug-likeness (QED) is 0.596. The summed E-state index contributed by atoms with van der Waals surface area (Å²) in [6.45, 7) is 0. The molecule has 1 fully saturated rings. The van der Waals surface area contributed by atoms with Gasteiger partial charge in [-0.1, -0.05) is 24.3 Å². The highest BCUT2D eigenvalue weighted by Crippen LogP contribution is 2.38. The third kappa shape index (κ3) is 2.84. The molecule has 18 heavy (non-hydrogen) atoms. The van der Waals surface area contributed by atoms with Gasteiger partial charge in [0.1, 0.15) is 23.5 Å². The fourth-order valence-corrected chi connectivity index (χ4v) is 1.73. The van der Waals surface area contributed by atoms with Crippen LogP contribution in [0.1, 0.15) is 18.4 Å². The van der Waals surface area contributed by atoms with Crippen molar-refractivity contribution in [2.24, 2.45) is 5.92 Å². The maximum atomic E-state index is 12.7. The maximum absolute atomic E-state index is 12.7. The maximum Gasteiger partial charge on any atom is 0.133 e. The van der Waals surface area contributed by atoms with Crippen molar-refractivity contribution in [2.75, 3.05) is 0 Å². The Balaban J connectivity index is 2.26. The molecule has 1 aliphatic rings. The van der Waals surface area contributed by atoms with Crippen LogP contribution in [-0.2, 0) is 0 Å². The molecule has 0 atom stereocenters. The molecular formula is C15H11FN2. The smallest absolute Gasteiger partial charge is 0.133 e. The van der Waals surface area contributed by atoms with Gasteiger partial charge in [0.05, 0.1) is 0 Å². The molecule has 0 N–H and O–H groups in total. The average molecular weight is 238 g/mol. The van der Waals surface area contributed by atoms with E-state index >= 15 is 0 Å². The van der Waals surface area contributed by atoms with E-state index in [2.05, 4.69) is 0 Å². The van der Waals surface area contributed by atoms with Crippen LogP contribution in [0.4, 0.5) is 4.39 Å². The lowest BCUT2D eigenvalue weighted by Crippen LogP contribution is -1.87. The lowest BCUT2D eigenvalue weighted by atomic mass is 10.0. The minimum atomic E-state index is -0.278. The first kappa shape index (κ1) is 12.1. The Labute approximate surface area is 105 Å². The zero-order valence-corrected chi connectivity index (χ0v) is 9.73. The standard InChI is InChI=1S/C15H11FN2/c16-14-6-1-11(2-7-14)3-8-15(12-4-5-12)13(9-17)10-18/h1-3,6-8,12H,4-5H2/b8-3+. The van der Waals surface area contributed by atoms with E-state index in [4.69, 9.17) is 10.5 Å². The molecule has 0 radical (unpaired) electrons. The highest BCUT2D eigenvalue weighted by Gasteiger charge is 2.27. The van der Waals surface area contributed by atoms with E-state index in [1.54, 1.807) is 18.2 Å². The molecule has 0 spiro atoms. The van der Waals surface area contributed by atoms with E-state index < -0.39 is 0 Å². The highest BCUT2D eigenvalue weighted by molar-refractivity contribution is 5.57. The van der Waals surface area contributed by atoms with E-state index in [1.165, 1.54) is 12.1 Å². The van der Waals surface area contributed by atoms with Crippen LogP contribution >= 0.6 is 0 Å². The molecule has 1 aromatic rings. The Morgan fingerprint density at radius 3 is 2.28 bits per heavy atom. The number of hydrogen-bond donors (Lipinski definition) is 0. The number of allylic oxidation sites excluding steroid dienone is 3. The Hall–Kier alpha value is -2.39. The molecule has 0 aliphatic heterocycles. The van der Waals surface area contributed by atoms with Crippen LogP contribution in [-0.4, -0.2) is 0 Å². The van der Waals surface area contributed by atoms with Crippen molar-refractivity contribution in [3.63, 3.8) is 0 Å². The molecule has 2 nitrogen and oxygen atoms in total. The van der Waals surface area contributed by atoms with Crippen LogP contribution in [0, 0.1) is 34.4 Å². The molecule has 0 amide bonds. The van der Waals surface area contributed by atoms with E-state index in [9.17, 15) is 4.39 Å². The van der Waals surface area contributed by atoms with Crippen LogP contribution < -0.4 is 0 Å². The van der Waals surface area contributed by atoms with Crippen LogP contribution in [0.5, 0.6) is 0 Å². The summed E-state index contributed by atoms with van der Waals surface area (Å²) in [6.07, 6.45) is 5.65. The van der Waals surface area contributed by atoms with E-state index in [0.717, 1.165) is 24.0 Å². The predicted octanol–water partition coefficient (Wildman–Crippen LogP) is 3.59. The van der Waals surface area contributed by atoms with Gasteiger partial charge in [-0.15, -0.1) is 0 Å². The number of nitriles is 2. The minimum Gasteiger partial charge on any atom is -0.207 e. The summed E-state index contributed by atoms with van der Waals surface area (Å²) in [5.74, 6) is 0.0517. The molecule has 0 bridgehead atoms. The van der Waals surface area contributed by atoms with Gasteiger partial charge in [0.15, 0.2) is 0 Å². The predicted molar refractivity (Wildman–Crippen MR) is 66.4 cm³/mol. The molecule has 0 unspecified atom stereocenters. The van der Waals surface area contributed by atoms with Crippen molar-refractivity contribution >= 4 is 6.08 Å². The van der Waals surface area contributed by atoms with Gasteiger partial charge in [-0.2, -0.15) is 10.5 Å². The number of rotatable bonds is 3. The lowest BCUT2D eigenvalue weighted by molar-refractivity contribution is 0.628. The third-order valence-corrected chi connectivity index (χ3v) is 2.85. The highest BCUT2D eigenvalue weighted by atomic mass is 19.1. The zero-order chi connectivity index (χ0) is 13.0. The number of nitrogens with zero attached hydrogens (tertiary/aromatic N) is 2. The molecular weight excluding hydrogens is 227 g/mol. The number of halogens is 1. The Morgan fingerprint density at radius 1 is 1.17 bits per heavy atom. The second kappa shape index (κ2) is 5.29. The summed E-state index contributed by atoms with van der Waals surface area (Å²) in [5.41, 5.74) is 1.82. The van der Waals surface area contributed by atoms with Gasteiger partial charge in [0.2, 0.25) is 0 Å². The molecule has 88 valence electrons. The zero-order valence-electron chi connectivity index (χ0n) is 9.73. The molecule has 0 aromatic heterocycles. The van der Waals surface area contributed by atoms with Gasteiger partial charge in [0, 0.05) is 0 Å². The van der Waals surface area contributed by atoms with Crippen molar-refractivity contribution < 1.29 is 4.39 Å². The topological polar surface area (TPSA) is 47.6 Å². The molecule has 1 saturated carbocycles. The Bertz CT molecular complexity index is 562. The lowest BCUT2D eigenvalue weighted by Gasteiger charge is -1.99. The molecule has 0 saturated heterocycles. The SMILES string of the molecule is N#CC(C#N)=C(/C=C/c1ccc(F)cc1)C1CC1. The van der Waals surface area contributed by atoms with Crippen molar-refractivity contribution in [3.05, 3.63) is 52.9 Å². The van der Waals surface area contributed by atoms with Gasteiger partial charge >= 0.3 is 0 Å². The first-order chi connectivity index (χ1) is 8.74.